The van der Waals surface area contributed by atoms with Crippen molar-refractivity contribution in [2.75, 3.05) is 6.54 Å². The van der Waals surface area contributed by atoms with Crippen molar-refractivity contribution in [1.82, 2.24) is 44.5 Å². The fourth-order valence-corrected chi connectivity index (χ4v) is 4.12. The summed E-state index contributed by atoms with van der Waals surface area (Å²) in [7, 11) is 1.79. The molecule has 6 heterocycles. The van der Waals surface area contributed by atoms with E-state index in [1.807, 2.05) is 35.8 Å². The Hall–Kier alpha value is -4.28. The first-order valence-corrected chi connectivity index (χ1v) is 10.2. The molecule has 1 amide bonds. The van der Waals surface area contributed by atoms with Gasteiger partial charge in [-0.2, -0.15) is 10.2 Å². The summed E-state index contributed by atoms with van der Waals surface area (Å²) in [6.07, 6.45) is 7.62. The van der Waals surface area contributed by atoms with Crippen molar-refractivity contribution in [2.45, 2.75) is 19.4 Å². The Bertz CT molecular complexity index is 1460. The van der Waals surface area contributed by atoms with Crippen LogP contribution in [0.3, 0.4) is 0 Å². The van der Waals surface area contributed by atoms with Gasteiger partial charge in [0.2, 0.25) is 0 Å². The molecule has 32 heavy (non-hydrogen) atoms. The lowest BCUT2D eigenvalue weighted by Crippen LogP contribution is -2.41. The standard InChI is InChI=1S/C21H19N9O2/c1-12-3-4-14-7-16(27-30(14)9-12)18-17-15(22-11-23-17)5-6-29(18)21(31)20-26-25-19(32-20)13-8-24-28(2)10-13/h3-4,7-11,18H,5-6H2,1-2H3,(H,22,23)/t18-/m0/s1. The topological polar surface area (TPSA) is 123 Å². The van der Waals surface area contributed by atoms with Crippen LogP contribution in [0.2, 0.25) is 0 Å². The molecular weight excluding hydrogens is 410 g/mol. The molecule has 1 aliphatic rings. The van der Waals surface area contributed by atoms with Crippen LogP contribution in [0.25, 0.3) is 17.0 Å². The van der Waals surface area contributed by atoms with Crippen LogP contribution in [-0.4, -0.2) is 56.9 Å². The maximum absolute atomic E-state index is 13.5. The van der Waals surface area contributed by atoms with Crippen molar-refractivity contribution in [3.63, 3.8) is 0 Å². The molecule has 0 fully saturated rings. The number of hydrogen-bond donors (Lipinski definition) is 1. The molecule has 0 spiro atoms. The van der Waals surface area contributed by atoms with Gasteiger partial charge in [0, 0.05) is 38.1 Å². The second kappa shape index (κ2) is 6.87. The highest BCUT2D eigenvalue weighted by molar-refractivity contribution is 5.90. The number of fused-ring (bicyclic) bond motifs is 2. The Morgan fingerprint density at radius 1 is 1.25 bits per heavy atom. The number of amides is 1. The highest BCUT2D eigenvalue weighted by atomic mass is 16.4. The zero-order valence-electron chi connectivity index (χ0n) is 17.4. The Kier molecular flexibility index (Phi) is 3.97. The number of hydrogen-bond acceptors (Lipinski definition) is 7. The fraction of sp³-hybridized carbons (Fsp3) is 0.238. The molecule has 0 radical (unpaired) electrons. The second-order valence-corrected chi connectivity index (χ2v) is 7.88. The summed E-state index contributed by atoms with van der Waals surface area (Å²) in [6, 6.07) is 5.54. The number of nitrogens with zero attached hydrogens (tertiary/aromatic N) is 8. The first-order chi connectivity index (χ1) is 15.6. The Morgan fingerprint density at radius 3 is 3.00 bits per heavy atom. The lowest BCUT2D eigenvalue weighted by molar-refractivity contribution is 0.0646. The molecule has 6 rings (SSSR count). The highest BCUT2D eigenvalue weighted by Crippen LogP contribution is 2.34. The van der Waals surface area contributed by atoms with Gasteiger partial charge in [0.1, 0.15) is 6.04 Å². The first-order valence-electron chi connectivity index (χ1n) is 10.2. The molecule has 0 aromatic carbocycles. The summed E-state index contributed by atoms with van der Waals surface area (Å²) in [6.45, 7) is 2.48. The molecule has 0 aliphatic carbocycles. The molecule has 160 valence electrons. The van der Waals surface area contributed by atoms with Gasteiger partial charge in [-0.1, -0.05) is 6.07 Å². The lowest BCUT2D eigenvalue weighted by atomic mass is 9.99. The molecule has 1 aliphatic heterocycles. The van der Waals surface area contributed by atoms with E-state index in [9.17, 15) is 4.79 Å². The SMILES string of the molecule is Cc1ccc2cc([C@H]3c4nc[nH]c4CCN3C(=O)c3nnc(-c4cnn(C)c4)o3)nn2c1. The van der Waals surface area contributed by atoms with Crippen molar-refractivity contribution in [3.05, 3.63) is 71.7 Å². The summed E-state index contributed by atoms with van der Waals surface area (Å²) >= 11 is 0. The van der Waals surface area contributed by atoms with Gasteiger partial charge in [-0.05, 0) is 24.6 Å². The van der Waals surface area contributed by atoms with E-state index < -0.39 is 6.04 Å². The molecule has 1 N–H and O–H groups in total. The van der Waals surface area contributed by atoms with E-state index in [1.54, 1.807) is 35.4 Å². The van der Waals surface area contributed by atoms with E-state index >= 15 is 0 Å². The molecule has 11 heteroatoms. The number of H-pyrrole nitrogens is 1. The van der Waals surface area contributed by atoms with Gasteiger partial charge in [0.05, 0.1) is 35.0 Å². The van der Waals surface area contributed by atoms with Crippen LogP contribution in [0.5, 0.6) is 0 Å². The van der Waals surface area contributed by atoms with Gasteiger partial charge in [-0.3, -0.25) is 9.48 Å². The van der Waals surface area contributed by atoms with Gasteiger partial charge in [-0.25, -0.2) is 9.50 Å². The van der Waals surface area contributed by atoms with Crippen molar-refractivity contribution in [3.8, 4) is 11.5 Å². The summed E-state index contributed by atoms with van der Waals surface area (Å²) in [5, 5.41) is 16.9. The minimum atomic E-state index is -0.466. The van der Waals surface area contributed by atoms with E-state index in [0.29, 0.717) is 18.5 Å². The third-order valence-corrected chi connectivity index (χ3v) is 5.65. The molecule has 0 bridgehead atoms. The third kappa shape index (κ3) is 2.89. The molecular formula is C21H19N9O2. The van der Waals surface area contributed by atoms with Crippen LogP contribution < -0.4 is 0 Å². The van der Waals surface area contributed by atoms with Gasteiger partial charge in [0.15, 0.2) is 0 Å². The third-order valence-electron chi connectivity index (χ3n) is 5.65. The second-order valence-electron chi connectivity index (χ2n) is 7.88. The van der Waals surface area contributed by atoms with Crippen molar-refractivity contribution in [2.24, 2.45) is 7.05 Å². The zero-order valence-corrected chi connectivity index (χ0v) is 17.4. The van der Waals surface area contributed by atoms with Crippen molar-refractivity contribution >= 4 is 11.4 Å². The predicted molar refractivity (Wildman–Crippen MR) is 112 cm³/mol. The maximum Gasteiger partial charge on any atom is 0.312 e. The molecule has 0 saturated heterocycles. The minimum absolute atomic E-state index is 0.0764. The quantitative estimate of drug-likeness (QED) is 0.465. The van der Waals surface area contributed by atoms with Gasteiger partial charge in [-0.15, -0.1) is 10.2 Å². The molecule has 1 atom stereocenters. The normalized spacial score (nSPS) is 15.9. The predicted octanol–water partition coefficient (Wildman–Crippen LogP) is 1.94. The van der Waals surface area contributed by atoms with Crippen LogP contribution in [0.15, 0.2) is 47.5 Å². The van der Waals surface area contributed by atoms with Crippen LogP contribution in [0.1, 0.15) is 39.4 Å². The Balaban J connectivity index is 1.40. The Labute approximate surface area is 181 Å². The van der Waals surface area contributed by atoms with Crippen LogP contribution >= 0.6 is 0 Å². The summed E-state index contributed by atoms with van der Waals surface area (Å²) in [4.78, 5) is 22.9. The van der Waals surface area contributed by atoms with Gasteiger partial charge in [0.25, 0.3) is 5.89 Å². The molecule has 5 aromatic rings. The summed E-state index contributed by atoms with van der Waals surface area (Å²) < 4.78 is 9.16. The van der Waals surface area contributed by atoms with E-state index in [-0.39, 0.29) is 17.7 Å². The number of aryl methyl sites for hydroxylation is 2. The molecule has 5 aromatic heterocycles. The Morgan fingerprint density at radius 2 is 2.16 bits per heavy atom. The number of nitrogens with one attached hydrogen (secondary N) is 1. The molecule has 0 saturated carbocycles. The number of carbonyl (C=O) groups excluding carboxylic acids is 1. The zero-order chi connectivity index (χ0) is 21.8. The lowest BCUT2D eigenvalue weighted by Gasteiger charge is -2.32. The monoisotopic (exact) mass is 429 g/mol. The van der Waals surface area contributed by atoms with E-state index in [0.717, 1.165) is 28.2 Å². The summed E-state index contributed by atoms with van der Waals surface area (Å²) in [5.74, 6) is -0.189. The number of imidazole rings is 1. The maximum atomic E-state index is 13.5. The average molecular weight is 429 g/mol. The van der Waals surface area contributed by atoms with E-state index in [2.05, 4.69) is 25.3 Å². The number of rotatable bonds is 3. The van der Waals surface area contributed by atoms with Gasteiger partial charge < -0.3 is 14.3 Å². The molecule has 11 nitrogen and oxygen atoms in total. The van der Waals surface area contributed by atoms with Crippen molar-refractivity contribution in [1.29, 1.82) is 0 Å². The van der Waals surface area contributed by atoms with Crippen LogP contribution in [0.4, 0.5) is 0 Å². The van der Waals surface area contributed by atoms with Crippen molar-refractivity contribution < 1.29 is 9.21 Å². The minimum Gasteiger partial charge on any atom is -0.412 e. The average Bonchev–Trinajstić information content (AvgIpc) is 3.57. The van der Waals surface area contributed by atoms with Gasteiger partial charge >= 0.3 is 11.8 Å². The number of aromatic nitrogens is 8. The number of carbonyl (C=O) groups is 1. The fourth-order valence-electron chi connectivity index (χ4n) is 4.12. The smallest absolute Gasteiger partial charge is 0.312 e. The first kappa shape index (κ1) is 18.5. The number of aromatic amines is 1. The van der Waals surface area contributed by atoms with Crippen LogP contribution in [-0.2, 0) is 13.5 Å². The highest BCUT2D eigenvalue weighted by Gasteiger charge is 2.38. The van der Waals surface area contributed by atoms with Crippen LogP contribution in [0, 0.1) is 6.92 Å². The van der Waals surface area contributed by atoms with E-state index in [1.165, 1.54) is 0 Å². The van der Waals surface area contributed by atoms with E-state index in [4.69, 9.17) is 9.52 Å². The largest absolute Gasteiger partial charge is 0.412 e. The molecule has 0 unspecified atom stereocenters. The number of pyridine rings is 1. The summed E-state index contributed by atoms with van der Waals surface area (Å²) in [5.41, 5.74) is 5.18.